The molecule has 0 aliphatic carbocycles. The second-order valence-electron chi connectivity index (χ2n) is 5.32. The molecule has 0 unspecified atom stereocenters. The van der Waals surface area contributed by atoms with Crippen LogP contribution in [0.4, 0.5) is 0 Å². The van der Waals surface area contributed by atoms with Gasteiger partial charge in [0, 0.05) is 30.4 Å². The Kier molecular flexibility index (Phi) is 3.32. The summed E-state index contributed by atoms with van der Waals surface area (Å²) in [7, 11) is 0. The summed E-state index contributed by atoms with van der Waals surface area (Å²) in [6.07, 6.45) is 5.22. The Morgan fingerprint density at radius 1 is 1.28 bits per heavy atom. The van der Waals surface area contributed by atoms with Crippen molar-refractivity contribution in [2.75, 3.05) is 0 Å². The SMILES string of the molecule is CC(C)(C)c1cc(=O)n(CCn2cccn2)cn1. The fourth-order valence-corrected chi connectivity index (χ4v) is 1.65. The molecule has 0 aliphatic heterocycles. The first kappa shape index (κ1) is 12.5. The molecule has 0 saturated heterocycles. The fraction of sp³-hybridized carbons (Fsp3) is 0.462. The molecule has 0 spiro atoms. The number of aryl methyl sites for hydroxylation is 2. The zero-order chi connectivity index (χ0) is 13.2. The molecule has 0 bridgehead atoms. The van der Waals surface area contributed by atoms with Gasteiger partial charge < -0.3 is 0 Å². The van der Waals surface area contributed by atoms with Crippen molar-refractivity contribution in [3.63, 3.8) is 0 Å². The van der Waals surface area contributed by atoms with Crippen LogP contribution in [0.5, 0.6) is 0 Å². The monoisotopic (exact) mass is 246 g/mol. The van der Waals surface area contributed by atoms with Crippen LogP contribution in [0.2, 0.25) is 0 Å². The minimum absolute atomic E-state index is 0.0120. The Hall–Kier alpha value is -1.91. The van der Waals surface area contributed by atoms with Crippen LogP contribution in [0.1, 0.15) is 26.5 Å². The average molecular weight is 246 g/mol. The standard InChI is InChI=1S/C13H18N4O/c1-13(2,3)11-9-12(18)16(10-14-11)7-8-17-6-4-5-15-17/h4-6,9-10H,7-8H2,1-3H3. The summed E-state index contributed by atoms with van der Waals surface area (Å²) in [5, 5.41) is 4.10. The van der Waals surface area contributed by atoms with E-state index in [9.17, 15) is 4.79 Å². The van der Waals surface area contributed by atoms with Crippen LogP contribution in [-0.4, -0.2) is 19.3 Å². The van der Waals surface area contributed by atoms with E-state index in [4.69, 9.17) is 0 Å². The Balaban J connectivity index is 2.13. The van der Waals surface area contributed by atoms with Crippen molar-refractivity contribution >= 4 is 0 Å². The van der Waals surface area contributed by atoms with Crippen molar-refractivity contribution in [1.82, 2.24) is 19.3 Å². The third-order valence-corrected chi connectivity index (χ3v) is 2.78. The van der Waals surface area contributed by atoms with E-state index in [1.54, 1.807) is 27.8 Å². The Morgan fingerprint density at radius 2 is 2.06 bits per heavy atom. The van der Waals surface area contributed by atoms with Crippen molar-refractivity contribution < 1.29 is 0 Å². The highest BCUT2D eigenvalue weighted by Crippen LogP contribution is 2.17. The molecular weight excluding hydrogens is 228 g/mol. The van der Waals surface area contributed by atoms with Gasteiger partial charge in [0.2, 0.25) is 0 Å². The van der Waals surface area contributed by atoms with Crippen molar-refractivity contribution in [1.29, 1.82) is 0 Å². The van der Waals surface area contributed by atoms with Crippen LogP contribution in [0.3, 0.4) is 0 Å². The predicted molar refractivity (Wildman–Crippen MR) is 69.4 cm³/mol. The Labute approximate surface area is 106 Å². The summed E-state index contributed by atoms with van der Waals surface area (Å²) in [5.41, 5.74) is 0.713. The van der Waals surface area contributed by atoms with E-state index >= 15 is 0 Å². The lowest BCUT2D eigenvalue weighted by Crippen LogP contribution is -2.26. The highest BCUT2D eigenvalue weighted by Gasteiger charge is 2.16. The molecular formula is C13H18N4O. The quantitative estimate of drug-likeness (QED) is 0.823. The molecule has 0 fully saturated rings. The molecule has 0 aromatic carbocycles. The average Bonchev–Trinajstić information content (AvgIpc) is 2.79. The lowest BCUT2D eigenvalue weighted by Gasteiger charge is -2.17. The minimum Gasteiger partial charge on any atom is -0.297 e. The first-order chi connectivity index (χ1) is 8.47. The van der Waals surface area contributed by atoms with Gasteiger partial charge in [-0.3, -0.25) is 14.0 Å². The molecule has 2 aromatic rings. The molecule has 0 amide bonds. The van der Waals surface area contributed by atoms with Gasteiger partial charge in [0.1, 0.15) is 0 Å². The lowest BCUT2D eigenvalue weighted by molar-refractivity contribution is 0.506. The van der Waals surface area contributed by atoms with Gasteiger partial charge in [-0.05, 0) is 6.07 Å². The van der Waals surface area contributed by atoms with E-state index in [-0.39, 0.29) is 11.0 Å². The Bertz CT molecular complexity index is 563. The maximum absolute atomic E-state index is 11.9. The van der Waals surface area contributed by atoms with E-state index < -0.39 is 0 Å². The number of hydrogen-bond acceptors (Lipinski definition) is 3. The number of nitrogens with zero attached hydrogens (tertiary/aromatic N) is 4. The highest BCUT2D eigenvalue weighted by molar-refractivity contribution is 5.10. The van der Waals surface area contributed by atoms with Gasteiger partial charge in [0.15, 0.2) is 0 Å². The third kappa shape index (κ3) is 2.85. The zero-order valence-electron chi connectivity index (χ0n) is 11.0. The van der Waals surface area contributed by atoms with Gasteiger partial charge >= 0.3 is 0 Å². The van der Waals surface area contributed by atoms with Crippen molar-refractivity contribution in [2.45, 2.75) is 39.3 Å². The molecule has 0 N–H and O–H groups in total. The van der Waals surface area contributed by atoms with E-state index in [0.717, 1.165) is 5.69 Å². The summed E-state index contributed by atoms with van der Waals surface area (Å²) >= 11 is 0. The molecule has 5 nitrogen and oxygen atoms in total. The van der Waals surface area contributed by atoms with Crippen LogP contribution in [0.15, 0.2) is 35.6 Å². The van der Waals surface area contributed by atoms with E-state index in [0.29, 0.717) is 13.1 Å². The largest absolute Gasteiger partial charge is 0.297 e. The molecule has 0 aliphatic rings. The van der Waals surface area contributed by atoms with Gasteiger partial charge in [-0.25, -0.2) is 4.98 Å². The van der Waals surface area contributed by atoms with Crippen molar-refractivity contribution in [2.24, 2.45) is 0 Å². The third-order valence-electron chi connectivity index (χ3n) is 2.78. The van der Waals surface area contributed by atoms with Crippen LogP contribution < -0.4 is 5.56 Å². The van der Waals surface area contributed by atoms with E-state index in [1.165, 1.54) is 0 Å². The second kappa shape index (κ2) is 4.76. The molecule has 5 heteroatoms. The van der Waals surface area contributed by atoms with Crippen LogP contribution in [-0.2, 0) is 18.5 Å². The second-order valence-corrected chi connectivity index (χ2v) is 5.32. The summed E-state index contributed by atoms with van der Waals surface area (Å²) in [4.78, 5) is 16.3. The minimum atomic E-state index is -0.0970. The smallest absolute Gasteiger partial charge is 0.253 e. The summed E-state index contributed by atoms with van der Waals surface area (Å²) < 4.78 is 3.40. The topological polar surface area (TPSA) is 52.7 Å². The predicted octanol–water partition coefficient (Wildman–Crippen LogP) is 1.44. The maximum Gasteiger partial charge on any atom is 0.253 e. The molecule has 18 heavy (non-hydrogen) atoms. The van der Waals surface area contributed by atoms with E-state index in [2.05, 4.69) is 10.1 Å². The summed E-state index contributed by atoms with van der Waals surface area (Å²) in [5.74, 6) is 0. The lowest BCUT2D eigenvalue weighted by atomic mass is 9.92. The van der Waals surface area contributed by atoms with Gasteiger partial charge in [-0.2, -0.15) is 5.10 Å². The molecule has 2 rings (SSSR count). The number of rotatable bonds is 3. The molecule has 0 saturated carbocycles. The van der Waals surface area contributed by atoms with Crippen molar-refractivity contribution in [3.8, 4) is 0 Å². The Morgan fingerprint density at radius 3 is 2.61 bits per heavy atom. The zero-order valence-corrected chi connectivity index (χ0v) is 11.0. The normalized spacial score (nSPS) is 11.7. The maximum atomic E-state index is 11.9. The van der Waals surface area contributed by atoms with Crippen molar-refractivity contribution in [3.05, 3.63) is 46.9 Å². The summed E-state index contributed by atoms with van der Waals surface area (Å²) in [6.45, 7) is 7.38. The van der Waals surface area contributed by atoms with Crippen LogP contribution in [0, 0.1) is 0 Å². The molecule has 0 atom stereocenters. The fourth-order valence-electron chi connectivity index (χ4n) is 1.65. The first-order valence-corrected chi connectivity index (χ1v) is 6.01. The van der Waals surface area contributed by atoms with Crippen LogP contribution in [0.25, 0.3) is 0 Å². The summed E-state index contributed by atoms with van der Waals surface area (Å²) in [6, 6.07) is 3.48. The molecule has 2 aromatic heterocycles. The first-order valence-electron chi connectivity index (χ1n) is 6.01. The van der Waals surface area contributed by atoms with Gasteiger partial charge in [0.05, 0.1) is 18.6 Å². The number of aromatic nitrogens is 4. The van der Waals surface area contributed by atoms with Crippen LogP contribution >= 0.6 is 0 Å². The van der Waals surface area contributed by atoms with Gasteiger partial charge in [-0.15, -0.1) is 0 Å². The molecule has 2 heterocycles. The van der Waals surface area contributed by atoms with E-state index in [1.807, 2.05) is 33.0 Å². The molecule has 96 valence electrons. The highest BCUT2D eigenvalue weighted by atomic mass is 16.1. The van der Waals surface area contributed by atoms with Gasteiger partial charge in [-0.1, -0.05) is 20.8 Å². The molecule has 0 radical (unpaired) electrons. The number of hydrogen-bond donors (Lipinski definition) is 0. The van der Waals surface area contributed by atoms with Gasteiger partial charge in [0.25, 0.3) is 5.56 Å².